The molecule has 8 heteroatoms. The lowest BCUT2D eigenvalue weighted by molar-refractivity contribution is 0.0529. The average molecular weight is 388 g/mol. The third-order valence-electron chi connectivity index (χ3n) is 4.40. The smallest absolute Gasteiger partial charge is 0.348 e. The molecule has 0 radical (unpaired) electrons. The second-order valence-electron chi connectivity index (χ2n) is 6.13. The molecular formula is C19H17FN2O4S. The number of benzene rings is 1. The Morgan fingerprint density at radius 1 is 1.48 bits per heavy atom. The van der Waals surface area contributed by atoms with Crippen LogP contribution in [0, 0.1) is 17.1 Å². The van der Waals surface area contributed by atoms with Crippen molar-refractivity contribution in [2.24, 2.45) is 0 Å². The highest BCUT2D eigenvalue weighted by molar-refractivity contribution is 7.18. The highest BCUT2D eigenvalue weighted by atomic mass is 32.1. The van der Waals surface area contributed by atoms with E-state index in [4.69, 9.17) is 15.2 Å². The molecule has 0 saturated heterocycles. The molecule has 2 N–H and O–H groups in total. The average Bonchev–Trinajstić information content (AvgIpc) is 3.11. The zero-order valence-corrected chi connectivity index (χ0v) is 15.6. The molecule has 6 nitrogen and oxygen atoms in total. The van der Waals surface area contributed by atoms with Crippen molar-refractivity contribution in [3.63, 3.8) is 0 Å². The summed E-state index contributed by atoms with van der Waals surface area (Å²) in [6.45, 7) is 3.47. The molecule has 0 unspecified atom stereocenters. The van der Waals surface area contributed by atoms with Crippen LogP contribution in [0.25, 0.3) is 0 Å². The lowest BCUT2D eigenvalue weighted by Crippen LogP contribution is -2.09. The number of carbonyl (C=O) groups excluding carboxylic acids is 2. The first-order valence-corrected chi connectivity index (χ1v) is 9.17. The molecule has 1 heterocycles. The van der Waals surface area contributed by atoms with Gasteiger partial charge < -0.3 is 15.2 Å². The van der Waals surface area contributed by atoms with E-state index in [1.165, 1.54) is 12.1 Å². The van der Waals surface area contributed by atoms with Crippen molar-refractivity contribution < 1.29 is 23.5 Å². The summed E-state index contributed by atoms with van der Waals surface area (Å²) in [5.41, 5.74) is 6.84. The van der Waals surface area contributed by atoms with E-state index in [2.05, 4.69) is 0 Å². The zero-order valence-electron chi connectivity index (χ0n) is 14.8. The van der Waals surface area contributed by atoms with Gasteiger partial charge in [0.2, 0.25) is 0 Å². The third-order valence-corrected chi connectivity index (χ3v) is 5.44. The van der Waals surface area contributed by atoms with Gasteiger partial charge in [-0.1, -0.05) is 6.92 Å². The van der Waals surface area contributed by atoms with Crippen LogP contribution in [0.3, 0.4) is 0 Å². The van der Waals surface area contributed by atoms with Crippen molar-refractivity contribution in [2.75, 3.05) is 12.3 Å². The maximum absolute atomic E-state index is 14.1. The number of nitrogens with zero attached hydrogens (tertiary/aromatic N) is 1. The Hall–Kier alpha value is -2.92. The van der Waals surface area contributed by atoms with Crippen molar-refractivity contribution in [3.05, 3.63) is 45.1 Å². The van der Waals surface area contributed by atoms with Crippen LogP contribution in [0.1, 0.15) is 62.9 Å². The minimum Gasteiger partial charge on any atom is -0.488 e. The quantitative estimate of drug-likeness (QED) is 0.782. The Labute approximate surface area is 159 Å². The molecule has 0 spiro atoms. The minimum atomic E-state index is -0.594. The Kier molecular flexibility index (Phi) is 5.15. The normalized spacial score (nSPS) is 15.3. The first-order chi connectivity index (χ1) is 12.9. The van der Waals surface area contributed by atoms with Crippen LogP contribution >= 0.6 is 11.3 Å². The summed E-state index contributed by atoms with van der Waals surface area (Å²) >= 11 is 0.951. The van der Waals surface area contributed by atoms with Gasteiger partial charge in [0.05, 0.1) is 17.7 Å². The maximum Gasteiger partial charge on any atom is 0.348 e. The standard InChI is InChI=1S/C19H17FN2O4S/c1-3-25-19(24)17-11(10(7-21)18(22)27-17)8-26-14-5-4-12(20)15-9(2)6-13(23)16(14)15/h4-5,9H,3,6,8,22H2,1-2H3/t9-/m0/s1. The molecule has 0 bridgehead atoms. The SMILES string of the molecule is CCOC(=O)c1sc(N)c(C#N)c1COc1ccc(F)c2c1C(=O)C[C@@H]2C. The summed E-state index contributed by atoms with van der Waals surface area (Å²) in [6, 6.07) is 4.60. The van der Waals surface area contributed by atoms with Crippen molar-refractivity contribution in [1.82, 2.24) is 0 Å². The van der Waals surface area contributed by atoms with Crippen molar-refractivity contribution >= 4 is 28.1 Å². The summed E-state index contributed by atoms with van der Waals surface area (Å²) in [7, 11) is 0. The Balaban J connectivity index is 1.96. The van der Waals surface area contributed by atoms with Crippen LogP contribution in [0.5, 0.6) is 5.75 Å². The highest BCUT2D eigenvalue weighted by Crippen LogP contribution is 2.40. The van der Waals surface area contributed by atoms with Gasteiger partial charge in [0.25, 0.3) is 0 Å². The fraction of sp³-hybridized carbons (Fsp3) is 0.316. The molecule has 27 heavy (non-hydrogen) atoms. The number of rotatable bonds is 5. The molecule has 1 aliphatic rings. The van der Waals surface area contributed by atoms with Crippen LogP contribution in [0.4, 0.5) is 9.39 Å². The first kappa shape index (κ1) is 18.9. The summed E-state index contributed by atoms with van der Waals surface area (Å²) in [4.78, 5) is 24.6. The summed E-state index contributed by atoms with van der Waals surface area (Å²) in [6.07, 6.45) is 0.218. The number of nitrogen functional groups attached to an aromatic ring is 1. The van der Waals surface area contributed by atoms with Gasteiger partial charge in [-0.15, -0.1) is 11.3 Å². The number of anilines is 1. The van der Waals surface area contributed by atoms with Crippen molar-refractivity contribution in [1.29, 1.82) is 5.26 Å². The molecule has 0 fully saturated rings. The van der Waals surface area contributed by atoms with Gasteiger partial charge in [-0.25, -0.2) is 9.18 Å². The molecule has 0 aliphatic heterocycles. The van der Waals surface area contributed by atoms with Gasteiger partial charge in [0.15, 0.2) is 5.78 Å². The van der Waals surface area contributed by atoms with E-state index >= 15 is 0 Å². The number of fused-ring (bicyclic) bond motifs is 1. The predicted octanol–water partition coefficient (Wildman–Crippen LogP) is 3.79. The molecule has 1 aliphatic carbocycles. The number of nitrogens with two attached hydrogens (primary N) is 1. The van der Waals surface area contributed by atoms with Crippen LogP contribution < -0.4 is 10.5 Å². The fourth-order valence-corrected chi connectivity index (χ4v) is 4.12. The Morgan fingerprint density at radius 3 is 2.89 bits per heavy atom. The number of hydrogen-bond donors (Lipinski definition) is 1. The number of ketones is 1. The van der Waals surface area contributed by atoms with Gasteiger partial charge in [-0.05, 0) is 25.0 Å². The molecule has 2 aromatic rings. The van der Waals surface area contributed by atoms with Gasteiger partial charge in [-0.3, -0.25) is 4.79 Å². The largest absolute Gasteiger partial charge is 0.488 e. The van der Waals surface area contributed by atoms with E-state index in [0.29, 0.717) is 11.1 Å². The highest BCUT2D eigenvalue weighted by Gasteiger charge is 2.33. The van der Waals surface area contributed by atoms with E-state index in [0.717, 1.165) is 11.3 Å². The van der Waals surface area contributed by atoms with E-state index in [9.17, 15) is 19.2 Å². The minimum absolute atomic E-state index is 0.140. The molecule has 0 saturated carbocycles. The summed E-state index contributed by atoms with van der Waals surface area (Å²) in [5.74, 6) is -1.23. The molecule has 0 amide bonds. The van der Waals surface area contributed by atoms with E-state index in [1.54, 1.807) is 13.8 Å². The van der Waals surface area contributed by atoms with Crippen molar-refractivity contribution in [2.45, 2.75) is 32.8 Å². The summed E-state index contributed by atoms with van der Waals surface area (Å²) < 4.78 is 24.8. The van der Waals surface area contributed by atoms with Gasteiger partial charge in [0, 0.05) is 17.5 Å². The van der Waals surface area contributed by atoms with E-state index < -0.39 is 11.8 Å². The third kappa shape index (κ3) is 3.26. The topological polar surface area (TPSA) is 102 Å². The number of nitriles is 1. The molecule has 3 rings (SSSR count). The fourth-order valence-electron chi connectivity index (χ4n) is 3.20. The molecule has 1 aromatic carbocycles. The molecule has 140 valence electrons. The number of ether oxygens (including phenoxy) is 2. The van der Waals surface area contributed by atoms with Crippen LogP contribution in [-0.4, -0.2) is 18.4 Å². The van der Waals surface area contributed by atoms with Crippen molar-refractivity contribution in [3.8, 4) is 11.8 Å². The number of Topliss-reactive ketones (excluding diaryl/α,β-unsaturated/α-hetero) is 1. The number of thiophene rings is 1. The second-order valence-corrected chi connectivity index (χ2v) is 7.18. The number of hydrogen-bond acceptors (Lipinski definition) is 7. The van der Waals surface area contributed by atoms with E-state index in [1.807, 2.05) is 6.07 Å². The van der Waals surface area contributed by atoms with Gasteiger partial charge >= 0.3 is 5.97 Å². The predicted molar refractivity (Wildman–Crippen MR) is 97.5 cm³/mol. The maximum atomic E-state index is 14.1. The number of halogens is 1. The lowest BCUT2D eigenvalue weighted by atomic mass is 10.0. The zero-order chi connectivity index (χ0) is 19.7. The van der Waals surface area contributed by atoms with Crippen LogP contribution in [-0.2, 0) is 11.3 Å². The van der Waals surface area contributed by atoms with Gasteiger partial charge in [0.1, 0.15) is 34.1 Å². The Morgan fingerprint density at radius 2 is 2.22 bits per heavy atom. The molecule has 1 atom stereocenters. The lowest BCUT2D eigenvalue weighted by Gasteiger charge is -2.12. The monoisotopic (exact) mass is 388 g/mol. The molecular weight excluding hydrogens is 371 g/mol. The Bertz CT molecular complexity index is 977. The van der Waals surface area contributed by atoms with Gasteiger partial charge in [-0.2, -0.15) is 5.26 Å². The summed E-state index contributed by atoms with van der Waals surface area (Å²) in [5, 5.41) is 9.54. The van der Waals surface area contributed by atoms with Crippen LogP contribution in [0.2, 0.25) is 0 Å². The second kappa shape index (κ2) is 7.37. The first-order valence-electron chi connectivity index (χ1n) is 8.35. The number of carbonyl (C=O) groups is 2. The van der Waals surface area contributed by atoms with E-state index in [-0.39, 0.29) is 58.1 Å². The molecule has 1 aromatic heterocycles. The number of esters is 1. The van der Waals surface area contributed by atoms with Crippen LogP contribution in [0.15, 0.2) is 12.1 Å².